The maximum atomic E-state index is 12.7. The van der Waals surface area contributed by atoms with Crippen LogP contribution >= 0.6 is 11.6 Å². The van der Waals surface area contributed by atoms with Crippen molar-refractivity contribution in [3.63, 3.8) is 0 Å². The van der Waals surface area contributed by atoms with Gasteiger partial charge in [-0.1, -0.05) is 54.1 Å². The van der Waals surface area contributed by atoms with Gasteiger partial charge in [-0.2, -0.15) is 0 Å². The summed E-state index contributed by atoms with van der Waals surface area (Å²) in [4.78, 5) is 16.7. The number of nitrogens with zero attached hydrogens (tertiary/aromatic N) is 2. The number of rotatable bonds is 7. The Balaban J connectivity index is 1.47. The van der Waals surface area contributed by atoms with Gasteiger partial charge in [-0.05, 0) is 35.4 Å². The number of amides is 1. The highest BCUT2D eigenvalue weighted by Crippen LogP contribution is 2.19. The zero-order chi connectivity index (χ0) is 20.8. The highest BCUT2D eigenvalue weighted by molar-refractivity contribution is 6.30. The molecule has 0 N–H and O–H groups in total. The average Bonchev–Trinajstić information content (AvgIpc) is 3.24. The SMILES string of the molecule is O=C(c1ccc(CN(Cc2ccccc2)Cc2ccc(Cl)cc2)o1)N1CCOCC1. The minimum atomic E-state index is -0.0724. The van der Waals surface area contributed by atoms with E-state index in [4.69, 9.17) is 20.8 Å². The van der Waals surface area contributed by atoms with E-state index in [1.54, 1.807) is 11.0 Å². The van der Waals surface area contributed by atoms with E-state index in [2.05, 4.69) is 17.0 Å². The Labute approximate surface area is 181 Å². The first-order valence-corrected chi connectivity index (χ1v) is 10.5. The van der Waals surface area contributed by atoms with Crippen LogP contribution in [0.15, 0.2) is 71.1 Å². The topological polar surface area (TPSA) is 45.9 Å². The number of morpholine rings is 1. The molecule has 3 aromatic rings. The third-order valence-electron chi connectivity index (χ3n) is 5.12. The molecule has 1 aliphatic heterocycles. The van der Waals surface area contributed by atoms with Crippen molar-refractivity contribution in [2.75, 3.05) is 26.3 Å². The van der Waals surface area contributed by atoms with Gasteiger partial charge in [0, 0.05) is 31.2 Å². The fraction of sp³-hybridized carbons (Fsp3) is 0.292. The Morgan fingerprint density at radius 1 is 0.867 bits per heavy atom. The van der Waals surface area contributed by atoms with Gasteiger partial charge in [-0.25, -0.2) is 0 Å². The van der Waals surface area contributed by atoms with Crippen molar-refractivity contribution in [3.05, 3.63) is 94.4 Å². The lowest BCUT2D eigenvalue weighted by Gasteiger charge is -2.25. The minimum Gasteiger partial charge on any atom is -0.455 e. The maximum absolute atomic E-state index is 12.7. The van der Waals surface area contributed by atoms with E-state index in [1.165, 1.54) is 11.1 Å². The number of hydrogen-bond acceptors (Lipinski definition) is 4. The lowest BCUT2D eigenvalue weighted by Crippen LogP contribution is -2.40. The second-order valence-electron chi connectivity index (χ2n) is 7.43. The highest BCUT2D eigenvalue weighted by Gasteiger charge is 2.22. The highest BCUT2D eigenvalue weighted by atomic mass is 35.5. The van der Waals surface area contributed by atoms with Gasteiger partial charge in [0.1, 0.15) is 5.76 Å². The molecule has 156 valence electrons. The third kappa shape index (κ3) is 5.51. The molecule has 2 aromatic carbocycles. The summed E-state index contributed by atoms with van der Waals surface area (Å²) in [6.45, 7) is 4.48. The van der Waals surface area contributed by atoms with E-state index in [0.29, 0.717) is 38.6 Å². The zero-order valence-electron chi connectivity index (χ0n) is 16.8. The van der Waals surface area contributed by atoms with E-state index < -0.39 is 0 Å². The van der Waals surface area contributed by atoms with Crippen LogP contribution in [-0.2, 0) is 24.4 Å². The van der Waals surface area contributed by atoms with E-state index in [1.807, 2.05) is 48.5 Å². The lowest BCUT2D eigenvalue weighted by atomic mass is 10.1. The molecule has 0 radical (unpaired) electrons. The molecule has 0 saturated carbocycles. The molecule has 1 aromatic heterocycles. The lowest BCUT2D eigenvalue weighted by molar-refractivity contribution is 0.0281. The van der Waals surface area contributed by atoms with Crippen LogP contribution in [0.4, 0.5) is 0 Å². The molecule has 0 atom stereocenters. The number of benzene rings is 2. The molecule has 0 unspecified atom stereocenters. The van der Waals surface area contributed by atoms with Crippen molar-refractivity contribution >= 4 is 17.5 Å². The van der Waals surface area contributed by atoms with Gasteiger partial charge in [0.15, 0.2) is 5.76 Å². The Morgan fingerprint density at radius 3 is 2.23 bits per heavy atom. The van der Waals surface area contributed by atoms with Gasteiger partial charge in [0.05, 0.1) is 19.8 Å². The molecule has 4 rings (SSSR count). The molecule has 1 saturated heterocycles. The Hall–Kier alpha value is -2.60. The second-order valence-corrected chi connectivity index (χ2v) is 7.86. The van der Waals surface area contributed by atoms with Crippen molar-refractivity contribution in [2.45, 2.75) is 19.6 Å². The summed E-state index contributed by atoms with van der Waals surface area (Å²) in [5.74, 6) is 1.09. The monoisotopic (exact) mass is 424 g/mol. The van der Waals surface area contributed by atoms with Crippen LogP contribution in [0.1, 0.15) is 27.4 Å². The normalized spacial score (nSPS) is 14.3. The van der Waals surface area contributed by atoms with Crippen LogP contribution in [0.3, 0.4) is 0 Å². The van der Waals surface area contributed by atoms with Crippen molar-refractivity contribution in [1.82, 2.24) is 9.80 Å². The average molecular weight is 425 g/mol. The Kier molecular flexibility index (Phi) is 6.84. The largest absolute Gasteiger partial charge is 0.455 e. The standard InChI is InChI=1S/C24H25ClN2O3/c25-21-8-6-20(7-9-21)17-26(16-19-4-2-1-3-5-19)18-22-10-11-23(30-22)24(28)27-12-14-29-15-13-27/h1-11H,12-18H2. The van der Waals surface area contributed by atoms with Crippen molar-refractivity contribution in [2.24, 2.45) is 0 Å². The van der Waals surface area contributed by atoms with Crippen LogP contribution in [0, 0.1) is 0 Å². The molecule has 6 heteroatoms. The molecule has 0 aliphatic carbocycles. The smallest absolute Gasteiger partial charge is 0.289 e. The molecular weight excluding hydrogens is 400 g/mol. The van der Waals surface area contributed by atoms with Crippen LogP contribution in [0.25, 0.3) is 0 Å². The van der Waals surface area contributed by atoms with Gasteiger partial charge in [-0.3, -0.25) is 9.69 Å². The fourth-order valence-electron chi connectivity index (χ4n) is 3.58. The first-order valence-electron chi connectivity index (χ1n) is 10.1. The number of halogens is 1. The summed E-state index contributed by atoms with van der Waals surface area (Å²) in [6.07, 6.45) is 0. The molecular formula is C24H25ClN2O3. The van der Waals surface area contributed by atoms with Crippen LogP contribution in [0.2, 0.25) is 5.02 Å². The van der Waals surface area contributed by atoms with Gasteiger partial charge in [0.2, 0.25) is 0 Å². The van der Waals surface area contributed by atoms with Gasteiger partial charge in [-0.15, -0.1) is 0 Å². The van der Waals surface area contributed by atoms with E-state index in [0.717, 1.165) is 23.9 Å². The molecule has 1 aliphatic rings. The quantitative estimate of drug-likeness (QED) is 0.555. The summed E-state index contributed by atoms with van der Waals surface area (Å²) in [7, 11) is 0. The molecule has 1 amide bonds. The fourth-order valence-corrected chi connectivity index (χ4v) is 3.70. The third-order valence-corrected chi connectivity index (χ3v) is 5.37. The predicted molar refractivity (Wildman–Crippen MR) is 116 cm³/mol. The first-order chi connectivity index (χ1) is 14.7. The summed E-state index contributed by atoms with van der Waals surface area (Å²) in [5.41, 5.74) is 2.40. The number of carbonyl (C=O) groups is 1. The molecule has 0 bridgehead atoms. The van der Waals surface area contributed by atoms with Crippen LogP contribution < -0.4 is 0 Å². The van der Waals surface area contributed by atoms with Crippen LogP contribution in [0.5, 0.6) is 0 Å². The molecule has 1 fully saturated rings. The van der Waals surface area contributed by atoms with Gasteiger partial charge >= 0.3 is 0 Å². The summed E-state index contributed by atoms with van der Waals surface area (Å²) in [6, 6.07) is 21.9. The van der Waals surface area contributed by atoms with Gasteiger partial charge in [0.25, 0.3) is 5.91 Å². The molecule has 5 nitrogen and oxygen atoms in total. The predicted octanol–water partition coefficient (Wildman–Crippen LogP) is 4.61. The number of carbonyl (C=O) groups excluding carboxylic acids is 1. The second kappa shape index (κ2) is 9.94. The van der Waals surface area contributed by atoms with Gasteiger partial charge < -0.3 is 14.1 Å². The zero-order valence-corrected chi connectivity index (χ0v) is 17.6. The maximum Gasteiger partial charge on any atom is 0.289 e. The van der Waals surface area contributed by atoms with Crippen LogP contribution in [-0.4, -0.2) is 42.0 Å². The van der Waals surface area contributed by atoms with E-state index >= 15 is 0 Å². The van der Waals surface area contributed by atoms with Crippen molar-refractivity contribution in [1.29, 1.82) is 0 Å². The number of furan rings is 1. The summed E-state index contributed by atoms with van der Waals surface area (Å²) < 4.78 is 11.3. The Bertz CT molecular complexity index is 950. The minimum absolute atomic E-state index is 0.0724. The first kappa shape index (κ1) is 20.7. The van der Waals surface area contributed by atoms with Crippen molar-refractivity contribution < 1.29 is 13.9 Å². The van der Waals surface area contributed by atoms with E-state index in [-0.39, 0.29) is 5.91 Å². The number of hydrogen-bond donors (Lipinski definition) is 0. The molecule has 2 heterocycles. The number of ether oxygens (including phenoxy) is 1. The molecule has 30 heavy (non-hydrogen) atoms. The Morgan fingerprint density at radius 2 is 1.53 bits per heavy atom. The molecule has 0 spiro atoms. The van der Waals surface area contributed by atoms with E-state index in [9.17, 15) is 4.79 Å². The summed E-state index contributed by atoms with van der Waals surface area (Å²) >= 11 is 6.03. The summed E-state index contributed by atoms with van der Waals surface area (Å²) in [5, 5.41) is 0.727. The van der Waals surface area contributed by atoms with Crippen molar-refractivity contribution in [3.8, 4) is 0 Å².